The standard InChI is InChI=1S/C27H27N9O4S2/c1-39-21-12-19-20(13-22(21)40-2)34-24-23(19)25(31-15-30-24)36-11-8-17(14-36)33-27(41)32-16-4-6-18(7-5-16)42(37,38)35-26-28-9-3-10-29-26/h3-7,9-10,12-13,15,17H,8,11,14H2,1-2H3,(H,28,29,35)(H,30,31,34)(H2,32,33,41). The summed E-state index contributed by atoms with van der Waals surface area (Å²) in [6.45, 7) is 1.45. The molecule has 3 aromatic heterocycles. The van der Waals surface area contributed by atoms with Gasteiger partial charge in [-0.25, -0.2) is 33.1 Å². The molecular formula is C27H27N9O4S2. The minimum atomic E-state index is -3.83. The average molecular weight is 606 g/mol. The number of hydrogen-bond acceptors (Lipinski definition) is 10. The number of anilines is 3. The van der Waals surface area contributed by atoms with Crippen molar-refractivity contribution in [2.24, 2.45) is 0 Å². The van der Waals surface area contributed by atoms with Crippen LogP contribution in [0.3, 0.4) is 0 Å². The smallest absolute Gasteiger partial charge is 0.264 e. The fourth-order valence-corrected chi connectivity index (χ4v) is 6.19. The molecule has 216 valence electrons. The van der Waals surface area contributed by atoms with Crippen LogP contribution in [-0.2, 0) is 10.0 Å². The van der Waals surface area contributed by atoms with Gasteiger partial charge in [0.25, 0.3) is 10.0 Å². The molecule has 2 aromatic carbocycles. The molecule has 42 heavy (non-hydrogen) atoms. The maximum absolute atomic E-state index is 12.6. The summed E-state index contributed by atoms with van der Waals surface area (Å²) in [7, 11) is -0.610. The van der Waals surface area contributed by atoms with Crippen LogP contribution in [0.5, 0.6) is 11.5 Å². The van der Waals surface area contributed by atoms with Crippen LogP contribution in [0, 0.1) is 0 Å². The predicted molar refractivity (Wildman–Crippen MR) is 164 cm³/mol. The lowest BCUT2D eigenvalue weighted by molar-refractivity contribution is 0.356. The second-order valence-electron chi connectivity index (χ2n) is 9.53. The van der Waals surface area contributed by atoms with Crippen LogP contribution in [-0.4, -0.2) is 71.8 Å². The summed E-state index contributed by atoms with van der Waals surface area (Å²) in [5.41, 5.74) is 2.26. The lowest BCUT2D eigenvalue weighted by atomic mass is 10.1. The summed E-state index contributed by atoms with van der Waals surface area (Å²) in [5, 5.41) is 8.79. The van der Waals surface area contributed by atoms with Gasteiger partial charge in [-0.1, -0.05) is 0 Å². The van der Waals surface area contributed by atoms with Crippen molar-refractivity contribution < 1.29 is 17.9 Å². The number of hydrogen-bond donors (Lipinski definition) is 4. The summed E-state index contributed by atoms with van der Waals surface area (Å²) in [6, 6.07) is 11.8. The van der Waals surface area contributed by atoms with Crippen molar-refractivity contribution in [3.05, 3.63) is 61.2 Å². The Morgan fingerprint density at radius 2 is 1.79 bits per heavy atom. The number of rotatable bonds is 8. The van der Waals surface area contributed by atoms with E-state index in [-0.39, 0.29) is 16.9 Å². The van der Waals surface area contributed by atoms with E-state index in [1.165, 1.54) is 24.5 Å². The van der Waals surface area contributed by atoms with Crippen LogP contribution in [0.25, 0.3) is 21.9 Å². The highest BCUT2D eigenvalue weighted by molar-refractivity contribution is 7.92. The Bertz CT molecular complexity index is 1870. The molecule has 1 saturated heterocycles. The topological polar surface area (TPSA) is 159 Å². The zero-order valence-electron chi connectivity index (χ0n) is 22.7. The Balaban J connectivity index is 1.12. The number of H-pyrrole nitrogens is 1. The van der Waals surface area contributed by atoms with Crippen molar-refractivity contribution in [3.63, 3.8) is 0 Å². The van der Waals surface area contributed by atoms with Crippen molar-refractivity contribution in [2.75, 3.05) is 42.2 Å². The second kappa shape index (κ2) is 11.3. The van der Waals surface area contributed by atoms with Gasteiger partial charge in [-0.3, -0.25) is 0 Å². The maximum Gasteiger partial charge on any atom is 0.264 e. The zero-order chi connectivity index (χ0) is 29.3. The maximum atomic E-state index is 12.6. The summed E-state index contributed by atoms with van der Waals surface area (Å²) in [4.78, 5) is 22.5. The van der Waals surface area contributed by atoms with Crippen molar-refractivity contribution in [3.8, 4) is 11.5 Å². The molecule has 1 fully saturated rings. The summed E-state index contributed by atoms with van der Waals surface area (Å²) in [5.74, 6) is 2.09. The molecule has 1 unspecified atom stereocenters. The minimum Gasteiger partial charge on any atom is -0.493 e. The van der Waals surface area contributed by atoms with Crippen molar-refractivity contribution >= 4 is 66.7 Å². The largest absolute Gasteiger partial charge is 0.493 e. The van der Waals surface area contributed by atoms with E-state index in [0.29, 0.717) is 28.8 Å². The van der Waals surface area contributed by atoms with E-state index < -0.39 is 10.0 Å². The lowest BCUT2D eigenvalue weighted by Crippen LogP contribution is -2.39. The third kappa shape index (κ3) is 5.43. The summed E-state index contributed by atoms with van der Waals surface area (Å²) in [6.07, 6.45) is 5.32. The Kier molecular flexibility index (Phi) is 7.34. The highest BCUT2D eigenvalue weighted by Gasteiger charge is 2.27. The van der Waals surface area contributed by atoms with Crippen LogP contribution < -0.4 is 29.7 Å². The number of aromatic nitrogens is 5. The Hall–Kier alpha value is -4.76. The fraction of sp³-hybridized carbons (Fsp3) is 0.222. The Morgan fingerprint density at radius 3 is 2.52 bits per heavy atom. The fourth-order valence-electron chi connectivity index (χ4n) is 4.95. The number of aromatic amines is 1. The molecule has 6 rings (SSSR count). The van der Waals surface area contributed by atoms with E-state index >= 15 is 0 Å². The van der Waals surface area contributed by atoms with E-state index in [9.17, 15) is 8.42 Å². The number of sulfonamides is 1. The van der Waals surface area contributed by atoms with E-state index in [1.54, 1.807) is 38.7 Å². The van der Waals surface area contributed by atoms with Crippen LogP contribution in [0.4, 0.5) is 17.5 Å². The molecule has 0 bridgehead atoms. The third-order valence-electron chi connectivity index (χ3n) is 6.91. The van der Waals surface area contributed by atoms with Gasteiger partial charge in [0.2, 0.25) is 5.95 Å². The van der Waals surface area contributed by atoms with Crippen LogP contribution in [0.15, 0.2) is 66.1 Å². The van der Waals surface area contributed by atoms with Gasteiger partial charge in [0, 0.05) is 48.7 Å². The number of benzene rings is 2. The molecule has 13 nitrogen and oxygen atoms in total. The molecular weight excluding hydrogens is 578 g/mol. The molecule has 1 atom stereocenters. The van der Waals surface area contributed by atoms with E-state index in [2.05, 4.69) is 45.2 Å². The predicted octanol–water partition coefficient (Wildman–Crippen LogP) is 3.28. The summed E-state index contributed by atoms with van der Waals surface area (Å²) < 4.78 is 38.6. The van der Waals surface area contributed by atoms with E-state index in [1.807, 2.05) is 12.1 Å². The van der Waals surface area contributed by atoms with E-state index in [0.717, 1.165) is 40.7 Å². The average Bonchev–Trinajstić information content (AvgIpc) is 3.61. The first-order valence-corrected chi connectivity index (χ1v) is 14.8. The molecule has 4 heterocycles. The number of fused-ring (bicyclic) bond motifs is 3. The molecule has 0 amide bonds. The highest BCUT2D eigenvalue weighted by Crippen LogP contribution is 2.38. The third-order valence-corrected chi connectivity index (χ3v) is 8.47. The number of methoxy groups -OCH3 is 2. The van der Waals surface area contributed by atoms with Gasteiger partial charge in [0.15, 0.2) is 16.6 Å². The second-order valence-corrected chi connectivity index (χ2v) is 11.6. The SMILES string of the molecule is COc1cc2[nH]c3ncnc(N4CCC(NC(=S)Nc5ccc(S(=O)(=O)Nc6ncccn6)cc5)C4)c3c2cc1OC. The van der Waals surface area contributed by atoms with Crippen molar-refractivity contribution in [1.82, 2.24) is 30.2 Å². The van der Waals surface area contributed by atoms with Gasteiger partial charge in [0.1, 0.15) is 17.8 Å². The van der Waals surface area contributed by atoms with Crippen LogP contribution >= 0.6 is 12.2 Å². The minimum absolute atomic E-state index is 0.00281. The first kappa shape index (κ1) is 27.4. The van der Waals surface area contributed by atoms with Gasteiger partial charge in [-0.05, 0) is 55.0 Å². The Labute approximate surface area is 246 Å². The first-order chi connectivity index (χ1) is 20.3. The normalized spacial score (nSPS) is 15.1. The van der Waals surface area contributed by atoms with Crippen LogP contribution in [0.1, 0.15) is 6.42 Å². The molecule has 0 saturated carbocycles. The van der Waals surface area contributed by atoms with Crippen molar-refractivity contribution in [2.45, 2.75) is 17.4 Å². The molecule has 0 spiro atoms. The van der Waals surface area contributed by atoms with Gasteiger partial charge in [-0.2, -0.15) is 0 Å². The Morgan fingerprint density at radius 1 is 1.05 bits per heavy atom. The van der Waals surface area contributed by atoms with Crippen LogP contribution in [0.2, 0.25) is 0 Å². The molecule has 5 aromatic rings. The lowest BCUT2D eigenvalue weighted by Gasteiger charge is -2.20. The van der Waals surface area contributed by atoms with Gasteiger partial charge in [-0.15, -0.1) is 0 Å². The molecule has 4 N–H and O–H groups in total. The van der Waals surface area contributed by atoms with Crippen molar-refractivity contribution in [1.29, 1.82) is 0 Å². The zero-order valence-corrected chi connectivity index (χ0v) is 24.3. The molecule has 15 heteroatoms. The quantitative estimate of drug-likeness (QED) is 0.192. The van der Waals surface area contributed by atoms with Gasteiger partial charge in [0.05, 0.1) is 30.0 Å². The first-order valence-electron chi connectivity index (χ1n) is 13.0. The monoisotopic (exact) mass is 605 g/mol. The molecule has 0 radical (unpaired) electrons. The summed E-state index contributed by atoms with van der Waals surface area (Å²) >= 11 is 5.55. The number of nitrogens with one attached hydrogen (secondary N) is 4. The van der Waals surface area contributed by atoms with Gasteiger partial charge < -0.3 is 30.0 Å². The molecule has 1 aliphatic rings. The van der Waals surface area contributed by atoms with E-state index in [4.69, 9.17) is 21.7 Å². The highest BCUT2D eigenvalue weighted by atomic mass is 32.2. The number of nitrogens with zero attached hydrogens (tertiary/aromatic N) is 5. The number of thiocarbonyl (C=S) groups is 1. The number of ether oxygens (including phenoxy) is 2. The van der Waals surface area contributed by atoms with Gasteiger partial charge >= 0.3 is 0 Å². The molecule has 1 aliphatic heterocycles. The molecule has 0 aliphatic carbocycles.